The standard InChI is InChI=1S/C24H24N2O5S/c1-30-23-12-11-19(17-21(23)24(27)26-13-15-31-16-14-26)32(28,29)25-22-10-6-5-9-20(22)18-7-3-2-4-8-18/h2-12,17,25H,13-16H2,1H3. The van der Waals surface area contributed by atoms with Crippen molar-refractivity contribution in [1.29, 1.82) is 0 Å². The highest BCUT2D eigenvalue weighted by Crippen LogP contribution is 2.31. The Kier molecular flexibility index (Phi) is 6.43. The number of benzene rings is 3. The second-order valence-electron chi connectivity index (χ2n) is 7.28. The molecular formula is C24H24N2O5S. The molecule has 8 heteroatoms. The van der Waals surface area contributed by atoms with Gasteiger partial charge in [-0.3, -0.25) is 9.52 Å². The first-order valence-corrected chi connectivity index (χ1v) is 11.7. The van der Waals surface area contributed by atoms with E-state index in [1.807, 2.05) is 42.5 Å². The second-order valence-corrected chi connectivity index (χ2v) is 8.97. The summed E-state index contributed by atoms with van der Waals surface area (Å²) in [5.41, 5.74) is 2.31. The van der Waals surface area contributed by atoms with E-state index in [9.17, 15) is 13.2 Å². The number of anilines is 1. The highest BCUT2D eigenvalue weighted by molar-refractivity contribution is 7.92. The Bertz CT molecular complexity index is 1210. The summed E-state index contributed by atoms with van der Waals surface area (Å²) in [7, 11) is -2.50. The van der Waals surface area contributed by atoms with Crippen LogP contribution in [0.2, 0.25) is 0 Å². The number of para-hydroxylation sites is 1. The molecule has 32 heavy (non-hydrogen) atoms. The van der Waals surface area contributed by atoms with Gasteiger partial charge in [0, 0.05) is 18.7 Å². The number of hydrogen-bond acceptors (Lipinski definition) is 5. The average molecular weight is 453 g/mol. The molecule has 0 atom stereocenters. The molecule has 0 aliphatic carbocycles. The van der Waals surface area contributed by atoms with Crippen molar-refractivity contribution in [3.63, 3.8) is 0 Å². The highest BCUT2D eigenvalue weighted by atomic mass is 32.2. The number of morpholine rings is 1. The van der Waals surface area contributed by atoms with Gasteiger partial charge in [0.05, 0.1) is 36.5 Å². The Hall–Kier alpha value is -3.36. The van der Waals surface area contributed by atoms with Crippen molar-refractivity contribution in [1.82, 2.24) is 4.90 Å². The number of amides is 1. The van der Waals surface area contributed by atoms with Gasteiger partial charge in [0.25, 0.3) is 15.9 Å². The molecule has 0 aromatic heterocycles. The lowest BCUT2D eigenvalue weighted by molar-refractivity contribution is 0.0300. The van der Waals surface area contributed by atoms with E-state index in [-0.39, 0.29) is 16.4 Å². The zero-order valence-corrected chi connectivity index (χ0v) is 18.5. The smallest absolute Gasteiger partial charge is 0.261 e. The van der Waals surface area contributed by atoms with E-state index in [2.05, 4.69) is 4.72 Å². The number of carbonyl (C=O) groups is 1. The number of nitrogens with zero attached hydrogens (tertiary/aromatic N) is 1. The number of carbonyl (C=O) groups excluding carboxylic acids is 1. The SMILES string of the molecule is COc1ccc(S(=O)(=O)Nc2ccccc2-c2ccccc2)cc1C(=O)N1CCOCC1. The van der Waals surface area contributed by atoms with Gasteiger partial charge in [0.1, 0.15) is 5.75 Å². The number of ether oxygens (including phenoxy) is 2. The van der Waals surface area contributed by atoms with E-state index in [4.69, 9.17) is 9.47 Å². The molecule has 1 heterocycles. The molecule has 166 valence electrons. The fourth-order valence-corrected chi connectivity index (χ4v) is 4.71. The van der Waals surface area contributed by atoms with Gasteiger partial charge in [-0.1, -0.05) is 48.5 Å². The quantitative estimate of drug-likeness (QED) is 0.617. The predicted molar refractivity (Wildman–Crippen MR) is 122 cm³/mol. The van der Waals surface area contributed by atoms with E-state index in [1.165, 1.54) is 25.3 Å². The van der Waals surface area contributed by atoms with E-state index < -0.39 is 10.0 Å². The lowest BCUT2D eigenvalue weighted by Crippen LogP contribution is -2.40. The minimum atomic E-state index is -3.96. The van der Waals surface area contributed by atoms with Crippen LogP contribution in [-0.4, -0.2) is 52.6 Å². The van der Waals surface area contributed by atoms with Crippen molar-refractivity contribution in [3.05, 3.63) is 78.4 Å². The van der Waals surface area contributed by atoms with Crippen LogP contribution in [0.5, 0.6) is 5.75 Å². The normalized spacial score (nSPS) is 14.1. The summed E-state index contributed by atoms with van der Waals surface area (Å²) in [6.45, 7) is 1.79. The summed E-state index contributed by atoms with van der Waals surface area (Å²) in [5.74, 6) is 0.0389. The molecule has 0 bridgehead atoms. The van der Waals surface area contributed by atoms with E-state index >= 15 is 0 Å². The fourth-order valence-electron chi connectivity index (χ4n) is 3.60. The van der Waals surface area contributed by atoms with Crippen LogP contribution in [-0.2, 0) is 14.8 Å². The van der Waals surface area contributed by atoms with Crippen molar-refractivity contribution in [2.75, 3.05) is 38.1 Å². The van der Waals surface area contributed by atoms with Crippen LogP contribution >= 0.6 is 0 Å². The van der Waals surface area contributed by atoms with Crippen LogP contribution < -0.4 is 9.46 Å². The van der Waals surface area contributed by atoms with Crippen molar-refractivity contribution in [2.24, 2.45) is 0 Å². The Balaban J connectivity index is 1.67. The summed E-state index contributed by atoms with van der Waals surface area (Å²) in [5, 5.41) is 0. The first-order valence-electron chi connectivity index (χ1n) is 10.2. The first-order chi connectivity index (χ1) is 15.5. The zero-order valence-electron chi connectivity index (χ0n) is 17.7. The summed E-state index contributed by atoms with van der Waals surface area (Å²) >= 11 is 0. The molecule has 1 aliphatic heterocycles. The fraction of sp³-hybridized carbons (Fsp3) is 0.208. The molecule has 0 radical (unpaired) electrons. The summed E-state index contributed by atoms with van der Waals surface area (Å²) in [6.07, 6.45) is 0. The summed E-state index contributed by atoms with van der Waals surface area (Å²) < 4.78 is 39.8. The third-order valence-electron chi connectivity index (χ3n) is 5.27. The number of methoxy groups -OCH3 is 1. The molecule has 1 aliphatic rings. The molecule has 0 unspecified atom stereocenters. The maximum atomic E-state index is 13.2. The molecule has 0 spiro atoms. The Morgan fingerprint density at radius 3 is 2.38 bits per heavy atom. The van der Waals surface area contributed by atoms with Crippen LogP contribution in [0.25, 0.3) is 11.1 Å². The van der Waals surface area contributed by atoms with Gasteiger partial charge >= 0.3 is 0 Å². The summed E-state index contributed by atoms with van der Waals surface area (Å²) in [6, 6.07) is 21.0. The minimum absolute atomic E-state index is 0.0159. The van der Waals surface area contributed by atoms with Crippen LogP contribution in [0.15, 0.2) is 77.7 Å². The average Bonchev–Trinajstić information content (AvgIpc) is 2.84. The maximum absolute atomic E-state index is 13.2. The zero-order chi connectivity index (χ0) is 22.6. The molecule has 1 saturated heterocycles. The van der Waals surface area contributed by atoms with Gasteiger partial charge in [-0.15, -0.1) is 0 Å². The highest BCUT2D eigenvalue weighted by Gasteiger charge is 2.25. The van der Waals surface area contributed by atoms with Crippen LogP contribution in [0.3, 0.4) is 0 Å². The van der Waals surface area contributed by atoms with Crippen molar-refractivity contribution < 1.29 is 22.7 Å². The van der Waals surface area contributed by atoms with Gasteiger partial charge in [-0.25, -0.2) is 8.42 Å². The Morgan fingerprint density at radius 1 is 0.969 bits per heavy atom. The molecule has 4 rings (SSSR count). The number of sulfonamides is 1. The maximum Gasteiger partial charge on any atom is 0.261 e. The molecule has 1 fully saturated rings. The van der Waals surface area contributed by atoms with Gasteiger partial charge < -0.3 is 14.4 Å². The van der Waals surface area contributed by atoms with Crippen LogP contribution in [0.4, 0.5) is 5.69 Å². The van der Waals surface area contributed by atoms with Crippen molar-refractivity contribution >= 4 is 21.6 Å². The van der Waals surface area contributed by atoms with Crippen molar-refractivity contribution in [2.45, 2.75) is 4.90 Å². The Labute approximate surface area is 187 Å². The van der Waals surface area contributed by atoms with Crippen LogP contribution in [0.1, 0.15) is 10.4 Å². The lowest BCUT2D eigenvalue weighted by Gasteiger charge is -2.27. The van der Waals surface area contributed by atoms with Crippen molar-refractivity contribution in [3.8, 4) is 16.9 Å². The number of hydrogen-bond donors (Lipinski definition) is 1. The third-order valence-corrected chi connectivity index (χ3v) is 6.63. The van der Waals surface area contributed by atoms with Gasteiger partial charge in [-0.2, -0.15) is 0 Å². The minimum Gasteiger partial charge on any atom is -0.496 e. The van der Waals surface area contributed by atoms with Gasteiger partial charge in [-0.05, 0) is 29.8 Å². The molecular weight excluding hydrogens is 428 g/mol. The van der Waals surface area contributed by atoms with E-state index in [0.717, 1.165) is 11.1 Å². The molecule has 3 aromatic carbocycles. The molecule has 1 N–H and O–H groups in total. The largest absolute Gasteiger partial charge is 0.496 e. The van der Waals surface area contributed by atoms with E-state index in [0.29, 0.717) is 37.7 Å². The van der Waals surface area contributed by atoms with Crippen LogP contribution in [0, 0.1) is 0 Å². The summed E-state index contributed by atoms with van der Waals surface area (Å²) in [4.78, 5) is 14.7. The number of nitrogens with one attached hydrogen (secondary N) is 1. The molecule has 3 aromatic rings. The Morgan fingerprint density at radius 2 is 1.66 bits per heavy atom. The van der Waals surface area contributed by atoms with Gasteiger partial charge in [0.15, 0.2) is 0 Å². The third kappa shape index (κ3) is 4.61. The molecule has 0 saturated carbocycles. The predicted octanol–water partition coefficient (Wildman–Crippen LogP) is 3.64. The lowest BCUT2D eigenvalue weighted by atomic mass is 10.0. The van der Waals surface area contributed by atoms with Gasteiger partial charge in [0.2, 0.25) is 0 Å². The first kappa shape index (κ1) is 21.9. The molecule has 7 nitrogen and oxygen atoms in total. The number of rotatable bonds is 6. The van der Waals surface area contributed by atoms with E-state index in [1.54, 1.807) is 17.0 Å². The topological polar surface area (TPSA) is 84.9 Å². The second kappa shape index (κ2) is 9.42. The monoisotopic (exact) mass is 452 g/mol. The molecule has 1 amide bonds.